The first-order valence-electron chi connectivity index (χ1n) is 7.13. The summed E-state index contributed by atoms with van der Waals surface area (Å²) >= 11 is 0. The summed E-state index contributed by atoms with van der Waals surface area (Å²) in [5.74, 6) is 0.128. The van der Waals surface area contributed by atoms with Crippen LogP contribution in [0.2, 0.25) is 0 Å². The van der Waals surface area contributed by atoms with Crippen LogP contribution in [0.4, 0.5) is 0 Å². The molecule has 0 aliphatic heterocycles. The van der Waals surface area contributed by atoms with Gasteiger partial charge in [-0.2, -0.15) is 0 Å². The first-order valence-corrected chi connectivity index (χ1v) is 7.13. The minimum Gasteiger partial charge on any atom is -0.491 e. The average Bonchev–Trinajstić information content (AvgIpc) is 2.36. The Morgan fingerprint density at radius 3 is 2.50 bits per heavy atom. The molecule has 0 radical (unpaired) electrons. The van der Waals surface area contributed by atoms with Crippen molar-refractivity contribution in [2.75, 3.05) is 0 Å². The number of carboxylic acid groups (broad SMARTS) is 1. The van der Waals surface area contributed by atoms with E-state index in [1.807, 2.05) is 45.0 Å². The van der Waals surface area contributed by atoms with E-state index in [1.54, 1.807) is 0 Å². The summed E-state index contributed by atoms with van der Waals surface area (Å²) < 4.78 is 5.81. The van der Waals surface area contributed by atoms with Crippen LogP contribution in [0.1, 0.15) is 52.1 Å². The maximum Gasteiger partial charge on any atom is 0.303 e. The molecule has 2 unspecified atom stereocenters. The zero-order valence-electron chi connectivity index (χ0n) is 12.7. The van der Waals surface area contributed by atoms with Gasteiger partial charge in [0.15, 0.2) is 0 Å². The molecule has 0 aliphatic carbocycles. The molecule has 4 nitrogen and oxygen atoms in total. The molecule has 0 heterocycles. The Morgan fingerprint density at radius 1 is 1.25 bits per heavy atom. The SMILES string of the molecule is CC(CCC(=O)O)NC(C)c1ccccc1OC(C)C. The Bertz CT molecular complexity index is 431. The molecule has 0 saturated carbocycles. The Balaban J connectivity index is 2.66. The second kappa shape index (κ2) is 7.90. The predicted octanol–water partition coefficient (Wildman–Crippen LogP) is 3.38. The molecule has 0 fully saturated rings. The van der Waals surface area contributed by atoms with Gasteiger partial charge >= 0.3 is 5.97 Å². The minimum absolute atomic E-state index is 0.119. The van der Waals surface area contributed by atoms with Gasteiger partial charge in [0.1, 0.15) is 5.75 Å². The second-order valence-corrected chi connectivity index (χ2v) is 5.43. The molecule has 1 aromatic rings. The summed E-state index contributed by atoms with van der Waals surface area (Å²) in [4.78, 5) is 10.6. The summed E-state index contributed by atoms with van der Waals surface area (Å²) in [6.45, 7) is 8.08. The molecule has 4 heteroatoms. The number of rotatable bonds is 8. The Labute approximate surface area is 121 Å². The van der Waals surface area contributed by atoms with E-state index in [1.165, 1.54) is 0 Å². The molecule has 1 aromatic carbocycles. The normalized spacial score (nSPS) is 14.1. The second-order valence-electron chi connectivity index (χ2n) is 5.43. The standard InChI is InChI=1S/C16H25NO3/c1-11(2)20-15-8-6-5-7-14(15)13(4)17-12(3)9-10-16(18)19/h5-8,11-13,17H,9-10H2,1-4H3,(H,18,19). The highest BCUT2D eigenvalue weighted by Gasteiger charge is 2.15. The predicted molar refractivity (Wildman–Crippen MR) is 80.1 cm³/mol. The highest BCUT2D eigenvalue weighted by molar-refractivity contribution is 5.66. The van der Waals surface area contributed by atoms with Crippen LogP contribution in [0.5, 0.6) is 5.75 Å². The van der Waals surface area contributed by atoms with Gasteiger partial charge in [0, 0.05) is 24.1 Å². The van der Waals surface area contributed by atoms with E-state index in [4.69, 9.17) is 9.84 Å². The van der Waals surface area contributed by atoms with E-state index in [0.717, 1.165) is 11.3 Å². The number of hydrogen-bond donors (Lipinski definition) is 2. The molecule has 112 valence electrons. The lowest BCUT2D eigenvalue weighted by Crippen LogP contribution is -2.29. The van der Waals surface area contributed by atoms with Crippen LogP contribution in [0.25, 0.3) is 0 Å². The lowest BCUT2D eigenvalue weighted by atomic mass is 10.0. The Hall–Kier alpha value is -1.55. The quantitative estimate of drug-likeness (QED) is 0.766. The molecule has 0 spiro atoms. The van der Waals surface area contributed by atoms with Crippen LogP contribution >= 0.6 is 0 Å². The number of carboxylic acids is 1. The van der Waals surface area contributed by atoms with Gasteiger partial charge in [-0.05, 0) is 40.2 Å². The van der Waals surface area contributed by atoms with E-state index in [0.29, 0.717) is 6.42 Å². The third-order valence-electron chi connectivity index (χ3n) is 3.07. The Morgan fingerprint density at radius 2 is 1.90 bits per heavy atom. The summed E-state index contributed by atoms with van der Waals surface area (Å²) in [5.41, 5.74) is 1.10. The largest absolute Gasteiger partial charge is 0.491 e. The van der Waals surface area contributed by atoms with Crippen LogP contribution < -0.4 is 10.1 Å². The van der Waals surface area contributed by atoms with Crippen molar-refractivity contribution >= 4 is 5.97 Å². The molecule has 20 heavy (non-hydrogen) atoms. The lowest BCUT2D eigenvalue weighted by Gasteiger charge is -2.23. The van der Waals surface area contributed by atoms with E-state index in [9.17, 15) is 4.79 Å². The van der Waals surface area contributed by atoms with Gasteiger partial charge in [0.05, 0.1) is 6.10 Å². The van der Waals surface area contributed by atoms with Gasteiger partial charge in [-0.3, -0.25) is 4.79 Å². The molecule has 0 saturated heterocycles. The monoisotopic (exact) mass is 279 g/mol. The van der Waals surface area contributed by atoms with Gasteiger partial charge < -0.3 is 15.2 Å². The smallest absolute Gasteiger partial charge is 0.303 e. The number of carbonyl (C=O) groups is 1. The third kappa shape index (κ3) is 5.61. The van der Waals surface area contributed by atoms with Crippen molar-refractivity contribution in [3.63, 3.8) is 0 Å². The molecule has 1 rings (SSSR count). The summed E-state index contributed by atoms with van der Waals surface area (Å²) in [5, 5.41) is 12.1. The zero-order chi connectivity index (χ0) is 15.1. The number of hydrogen-bond acceptors (Lipinski definition) is 3. The lowest BCUT2D eigenvalue weighted by molar-refractivity contribution is -0.137. The number of benzene rings is 1. The molecule has 0 aromatic heterocycles. The number of nitrogens with one attached hydrogen (secondary N) is 1. The van der Waals surface area contributed by atoms with Crippen molar-refractivity contribution in [3.05, 3.63) is 29.8 Å². The van der Waals surface area contributed by atoms with Crippen molar-refractivity contribution in [1.29, 1.82) is 0 Å². The maximum absolute atomic E-state index is 10.6. The zero-order valence-corrected chi connectivity index (χ0v) is 12.7. The fourth-order valence-electron chi connectivity index (χ4n) is 2.14. The Kier molecular flexibility index (Phi) is 6.52. The van der Waals surface area contributed by atoms with Crippen LogP contribution in [-0.2, 0) is 4.79 Å². The maximum atomic E-state index is 10.6. The molecular formula is C16H25NO3. The van der Waals surface area contributed by atoms with Crippen LogP contribution in [0.15, 0.2) is 24.3 Å². The van der Waals surface area contributed by atoms with E-state index >= 15 is 0 Å². The van der Waals surface area contributed by atoms with Crippen molar-refractivity contribution in [3.8, 4) is 5.75 Å². The van der Waals surface area contributed by atoms with E-state index in [-0.39, 0.29) is 24.6 Å². The van der Waals surface area contributed by atoms with Crippen molar-refractivity contribution in [2.24, 2.45) is 0 Å². The summed E-state index contributed by atoms with van der Waals surface area (Å²) in [6.07, 6.45) is 0.936. The van der Waals surface area contributed by atoms with E-state index in [2.05, 4.69) is 12.2 Å². The number of ether oxygens (including phenoxy) is 1. The summed E-state index contributed by atoms with van der Waals surface area (Å²) in [6, 6.07) is 8.22. The molecule has 0 bridgehead atoms. The fraction of sp³-hybridized carbons (Fsp3) is 0.562. The van der Waals surface area contributed by atoms with Crippen LogP contribution in [0.3, 0.4) is 0 Å². The van der Waals surface area contributed by atoms with Crippen molar-refractivity contribution < 1.29 is 14.6 Å². The van der Waals surface area contributed by atoms with E-state index < -0.39 is 5.97 Å². The highest BCUT2D eigenvalue weighted by Crippen LogP contribution is 2.26. The summed E-state index contributed by atoms with van der Waals surface area (Å²) in [7, 11) is 0. The molecular weight excluding hydrogens is 254 g/mol. The fourth-order valence-corrected chi connectivity index (χ4v) is 2.14. The minimum atomic E-state index is -0.755. The average molecular weight is 279 g/mol. The van der Waals surface area contributed by atoms with Crippen LogP contribution in [-0.4, -0.2) is 23.2 Å². The number of aliphatic carboxylic acids is 1. The van der Waals surface area contributed by atoms with Gasteiger partial charge in [0.25, 0.3) is 0 Å². The first kappa shape index (κ1) is 16.5. The van der Waals surface area contributed by atoms with Gasteiger partial charge in [-0.15, -0.1) is 0 Å². The third-order valence-corrected chi connectivity index (χ3v) is 3.07. The molecule has 2 atom stereocenters. The first-order chi connectivity index (χ1) is 9.40. The molecule has 0 aliphatic rings. The van der Waals surface area contributed by atoms with Gasteiger partial charge in [0.2, 0.25) is 0 Å². The highest BCUT2D eigenvalue weighted by atomic mass is 16.5. The number of para-hydroxylation sites is 1. The van der Waals surface area contributed by atoms with Crippen LogP contribution in [0, 0.1) is 0 Å². The topological polar surface area (TPSA) is 58.6 Å². The van der Waals surface area contributed by atoms with Crippen molar-refractivity contribution in [2.45, 2.75) is 58.7 Å². The van der Waals surface area contributed by atoms with Gasteiger partial charge in [-0.1, -0.05) is 18.2 Å². The molecule has 2 N–H and O–H groups in total. The molecule has 0 amide bonds. The van der Waals surface area contributed by atoms with Crippen molar-refractivity contribution in [1.82, 2.24) is 5.32 Å². The van der Waals surface area contributed by atoms with Gasteiger partial charge in [-0.25, -0.2) is 0 Å².